The van der Waals surface area contributed by atoms with Gasteiger partial charge in [0.25, 0.3) is 0 Å². The lowest BCUT2D eigenvalue weighted by atomic mass is 9.84. The second-order valence-electron chi connectivity index (χ2n) is 5.45. The van der Waals surface area contributed by atoms with Crippen molar-refractivity contribution in [2.45, 2.75) is 57.4 Å². The van der Waals surface area contributed by atoms with Crippen molar-refractivity contribution in [3.63, 3.8) is 0 Å². The van der Waals surface area contributed by atoms with Gasteiger partial charge in [-0.05, 0) is 45.8 Å². The minimum Gasteiger partial charge on any atom is -0.328 e. The molecule has 1 saturated carbocycles. The minimum atomic E-state index is 0.452. The summed E-state index contributed by atoms with van der Waals surface area (Å²) in [6.07, 6.45) is 10.9. The largest absolute Gasteiger partial charge is 0.328 e. The molecule has 1 fully saturated rings. The first-order valence-corrected chi connectivity index (χ1v) is 6.59. The second kappa shape index (κ2) is 7.24. The van der Waals surface area contributed by atoms with Crippen molar-refractivity contribution in [2.24, 2.45) is 11.7 Å². The quantitative estimate of drug-likeness (QED) is 0.733. The lowest BCUT2D eigenvalue weighted by Gasteiger charge is -2.24. The average Bonchev–Trinajstić information content (AvgIpc) is 2.18. The SMILES string of the molecule is CN(C)CCCC(N)CC1CCCCC1. The Labute approximate surface area is 95.2 Å². The van der Waals surface area contributed by atoms with E-state index in [9.17, 15) is 0 Å². The number of nitrogens with two attached hydrogens (primary N) is 1. The van der Waals surface area contributed by atoms with E-state index in [1.54, 1.807) is 0 Å². The highest BCUT2D eigenvalue weighted by atomic mass is 15.0. The third-order valence-corrected chi connectivity index (χ3v) is 3.54. The molecule has 0 aromatic carbocycles. The van der Waals surface area contributed by atoms with E-state index in [2.05, 4.69) is 19.0 Å². The van der Waals surface area contributed by atoms with E-state index in [1.807, 2.05) is 0 Å². The molecule has 1 aliphatic rings. The summed E-state index contributed by atoms with van der Waals surface area (Å²) in [6, 6.07) is 0.452. The summed E-state index contributed by atoms with van der Waals surface area (Å²) in [4.78, 5) is 2.24. The van der Waals surface area contributed by atoms with Crippen LogP contribution < -0.4 is 5.73 Å². The monoisotopic (exact) mass is 212 g/mol. The van der Waals surface area contributed by atoms with Gasteiger partial charge in [-0.2, -0.15) is 0 Å². The highest BCUT2D eigenvalue weighted by molar-refractivity contribution is 4.72. The molecule has 0 bridgehead atoms. The van der Waals surface area contributed by atoms with Crippen LogP contribution >= 0.6 is 0 Å². The zero-order valence-corrected chi connectivity index (χ0v) is 10.5. The molecule has 1 rings (SSSR count). The second-order valence-corrected chi connectivity index (χ2v) is 5.45. The molecule has 2 heteroatoms. The van der Waals surface area contributed by atoms with Gasteiger partial charge >= 0.3 is 0 Å². The number of rotatable bonds is 6. The van der Waals surface area contributed by atoms with E-state index in [0.717, 1.165) is 5.92 Å². The summed E-state index contributed by atoms with van der Waals surface area (Å²) >= 11 is 0. The standard InChI is InChI=1S/C13H28N2/c1-15(2)10-6-9-13(14)11-12-7-4-3-5-8-12/h12-13H,3-11,14H2,1-2H3. The molecule has 0 heterocycles. The van der Waals surface area contributed by atoms with E-state index < -0.39 is 0 Å². The maximum absolute atomic E-state index is 6.17. The molecule has 1 unspecified atom stereocenters. The minimum absolute atomic E-state index is 0.452. The van der Waals surface area contributed by atoms with Crippen LogP contribution in [0.15, 0.2) is 0 Å². The molecule has 0 aromatic rings. The molecular weight excluding hydrogens is 184 g/mol. The van der Waals surface area contributed by atoms with Crippen molar-refractivity contribution < 1.29 is 0 Å². The maximum Gasteiger partial charge on any atom is 0.00419 e. The van der Waals surface area contributed by atoms with Gasteiger partial charge in [-0.3, -0.25) is 0 Å². The molecule has 90 valence electrons. The summed E-state index contributed by atoms with van der Waals surface area (Å²) in [6.45, 7) is 1.18. The Morgan fingerprint density at radius 1 is 1.20 bits per heavy atom. The smallest absolute Gasteiger partial charge is 0.00419 e. The molecule has 2 N–H and O–H groups in total. The fourth-order valence-electron chi connectivity index (χ4n) is 2.64. The van der Waals surface area contributed by atoms with Crippen molar-refractivity contribution in [1.82, 2.24) is 4.90 Å². The Bertz CT molecular complexity index is 151. The van der Waals surface area contributed by atoms with E-state index in [-0.39, 0.29) is 0 Å². The highest BCUT2D eigenvalue weighted by Crippen LogP contribution is 2.27. The molecule has 15 heavy (non-hydrogen) atoms. The van der Waals surface area contributed by atoms with Crippen molar-refractivity contribution in [2.75, 3.05) is 20.6 Å². The van der Waals surface area contributed by atoms with Gasteiger partial charge in [-0.15, -0.1) is 0 Å². The fraction of sp³-hybridized carbons (Fsp3) is 1.00. The third-order valence-electron chi connectivity index (χ3n) is 3.54. The lowest BCUT2D eigenvalue weighted by Crippen LogP contribution is -2.26. The molecule has 0 amide bonds. The maximum atomic E-state index is 6.17. The van der Waals surface area contributed by atoms with Crippen molar-refractivity contribution >= 4 is 0 Å². The van der Waals surface area contributed by atoms with Crippen LogP contribution in [0.25, 0.3) is 0 Å². The molecule has 0 aromatic heterocycles. The van der Waals surface area contributed by atoms with Gasteiger partial charge < -0.3 is 10.6 Å². The fourth-order valence-corrected chi connectivity index (χ4v) is 2.64. The summed E-state index contributed by atoms with van der Waals surface area (Å²) in [5.74, 6) is 0.938. The van der Waals surface area contributed by atoms with E-state index in [0.29, 0.717) is 6.04 Å². The Balaban J connectivity index is 2.03. The number of hydrogen-bond acceptors (Lipinski definition) is 2. The lowest BCUT2D eigenvalue weighted by molar-refractivity contribution is 0.304. The molecule has 1 aliphatic carbocycles. The van der Waals surface area contributed by atoms with Crippen LogP contribution in [0.5, 0.6) is 0 Å². The van der Waals surface area contributed by atoms with Crippen molar-refractivity contribution in [1.29, 1.82) is 0 Å². The van der Waals surface area contributed by atoms with Gasteiger partial charge in [0.05, 0.1) is 0 Å². The van der Waals surface area contributed by atoms with Crippen LogP contribution in [0.4, 0.5) is 0 Å². The van der Waals surface area contributed by atoms with E-state index >= 15 is 0 Å². The number of hydrogen-bond donors (Lipinski definition) is 1. The molecule has 0 saturated heterocycles. The zero-order chi connectivity index (χ0) is 11.1. The summed E-state index contributed by atoms with van der Waals surface area (Å²) in [5, 5.41) is 0. The summed E-state index contributed by atoms with van der Waals surface area (Å²) in [5.41, 5.74) is 6.17. The van der Waals surface area contributed by atoms with Gasteiger partial charge in [0.1, 0.15) is 0 Å². The molecule has 1 atom stereocenters. The predicted octanol–water partition coefficient (Wildman–Crippen LogP) is 2.63. The van der Waals surface area contributed by atoms with Gasteiger partial charge in [-0.1, -0.05) is 32.1 Å². The first-order chi connectivity index (χ1) is 7.18. The van der Waals surface area contributed by atoms with E-state index in [4.69, 9.17) is 5.73 Å². The van der Waals surface area contributed by atoms with Crippen molar-refractivity contribution in [3.8, 4) is 0 Å². The molecule has 0 aliphatic heterocycles. The Kier molecular flexibility index (Phi) is 6.26. The van der Waals surface area contributed by atoms with Gasteiger partial charge in [0.15, 0.2) is 0 Å². The molecule has 0 radical (unpaired) electrons. The molecule has 0 spiro atoms. The Morgan fingerprint density at radius 2 is 1.87 bits per heavy atom. The van der Waals surface area contributed by atoms with Crippen molar-refractivity contribution in [3.05, 3.63) is 0 Å². The molecule has 2 nitrogen and oxygen atoms in total. The predicted molar refractivity (Wildman–Crippen MR) is 67.0 cm³/mol. The summed E-state index contributed by atoms with van der Waals surface area (Å²) in [7, 11) is 4.26. The van der Waals surface area contributed by atoms with Gasteiger partial charge in [-0.25, -0.2) is 0 Å². The Morgan fingerprint density at radius 3 is 2.47 bits per heavy atom. The molecular formula is C13H28N2. The Hall–Kier alpha value is -0.0800. The average molecular weight is 212 g/mol. The van der Waals surface area contributed by atoms with Crippen LogP contribution in [0, 0.1) is 5.92 Å². The summed E-state index contributed by atoms with van der Waals surface area (Å²) < 4.78 is 0. The zero-order valence-electron chi connectivity index (χ0n) is 10.5. The normalized spacial score (nSPS) is 20.8. The van der Waals surface area contributed by atoms with Crippen LogP contribution in [0.3, 0.4) is 0 Å². The number of nitrogens with zero attached hydrogens (tertiary/aromatic N) is 1. The first-order valence-electron chi connectivity index (χ1n) is 6.59. The first kappa shape index (κ1) is 13.0. The van der Waals surface area contributed by atoms with Gasteiger partial charge in [0, 0.05) is 6.04 Å². The van der Waals surface area contributed by atoms with E-state index in [1.165, 1.54) is 57.9 Å². The van der Waals surface area contributed by atoms with Crippen LogP contribution in [-0.2, 0) is 0 Å². The van der Waals surface area contributed by atoms with Crippen LogP contribution in [0.1, 0.15) is 51.4 Å². The highest BCUT2D eigenvalue weighted by Gasteiger charge is 2.16. The van der Waals surface area contributed by atoms with Crippen LogP contribution in [-0.4, -0.2) is 31.6 Å². The third kappa shape index (κ3) is 6.16. The topological polar surface area (TPSA) is 29.3 Å². The van der Waals surface area contributed by atoms with Gasteiger partial charge in [0.2, 0.25) is 0 Å². The van der Waals surface area contributed by atoms with Crippen LogP contribution in [0.2, 0.25) is 0 Å².